The zero-order valence-corrected chi connectivity index (χ0v) is 20.8. The molecule has 0 bridgehead atoms. The van der Waals surface area contributed by atoms with Gasteiger partial charge < -0.3 is 24.5 Å². The van der Waals surface area contributed by atoms with Gasteiger partial charge >= 0.3 is 6.18 Å². The van der Waals surface area contributed by atoms with Crippen molar-refractivity contribution in [3.63, 3.8) is 0 Å². The van der Waals surface area contributed by atoms with Gasteiger partial charge in [0.15, 0.2) is 5.69 Å². The number of alkyl halides is 3. The normalized spacial score (nSPS) is 13.2. The zero-order valence-electron chi connectivity index (χ0n) is 20.8. The molecule has 1 amide bonds. The molecule has 12 heteroatoms. The summed E-state index contributed by atoms with van der Waals surface area (Å²) in [6, 6.07) is 10.5. The molecule has 2 aromatic carbocycles. The smallest absolute Gasteiger partial charge is 0.420 e. The van der Waals surface area contributed by atoms with Crippen LogP contribution in [0.15, 0.2) is 65.5 Å². The fourth-order valence-electron chi connectivity index (χ4n) is 3.86. The van der Waals surface area contributed by atoms with Crippen molar-refractivity contribution in [3.8, 4) is 34.1 Å². The number of halogens is 3. The van der Waals surface area contributed by atoms with Crippen LogP contribution in [0.4, 0.5) is 18.9 Å². The number of hydrogen-bond donors (Lipinski definition) is 2. The maximum atomic E-state index is 14.6. The Morgan fingerprint density at radius 2 is 1.97 bits per heavy atom. The number of anilines is 1. The predicted octanol–water partition coefficient (Wildman–Crippen LogP) is 5.21. The van der Waals surface area contributed by atoms with E-state index in [4.69, 9.17) is 13.9 Å². The van der Waals surface area contributed by atoms with Crippen molar-refractivity contribution in [1.82, 2.24) is 20.5 Å². The van der Waals surface area contributed by atoms with Gasteiger partial charge in [-0.1, -0.05) is 12.1 Å². The van der Waals surface area contributed by atoms with Gasteiger partial charge in [-0.25, -0.2) is 4.98 Å². The molecule has 0 spiro atoms. The SMILES string of the molecule is CNCCOc1cccc(-c2c(NC(=O)c3coc(-c4ccnnc4)n3)ccc(OC3CC3)c2C(F)(F)F)c1. The Morgan fingerprint density at radius 1 is 1.13 bits per heavy atom. The van der Waals surface area contributed by atoms with Gasteiger partial charge in [0.1, 0.15) is 29.9 Å². The lowest BCUT2D eigenvalue weighted by atomic mass is 9.95. The van der Waals surface area contributed by atoms with E-state index in [0.717, 1.165) is 6.26 Å². The van der Waals surface area contributed by atoms with E-state index in [1.165, 1.54) is 36.7 Å². The lowest BCUT2D eigenvalue weighted by Gasteiger charge is -2.21. The van der Waals surface area contributed by atoms with Crippen LogP contribution in [0.25, 0.3) is 22.6 Å². The molecule has 1 saturated carbocycles. The molecular formula is C27H24F3N5O4. The quantitative estimate of drug-likeness (QED) is 0.264. The molecule has 1 fully saturated rings. The summed E-state index contributed by atoms with van der Waals surface area (Å²) in [5.41, 5.74) is -0.731. The Morgan fingerprint density at radius 3 is 2.69 bits per heavy atom. The molecule has 4 aromatic rings. The minimum absolute atomic E-state index is 0.0713. The monoisotopic (exact) mass is 539 g/mol. The fourth-order valence-corrected chi connectivity index (χ4v) is 3.86. The van der Waals surface area contributed by atoms with Crippen LogP contribution in [0.3, 0.4) is 0 Å². The number of aromatic nitrogens is 3. The molecule has 5 rings (SSSR count). The molecule has 39 heavy (non-hydrogen) atoms. The minimum atomic E-state index is -4.78. The van der Waals surface area contributed by atoms with Gasteiger partial charge in [-0.05, 0) is 55.8 Å². The highest BCUT2D eigenvalue weighted by molar-refractivity contribution is 6.05. The Bertz CT molecular complexity index is 1460. The van der Waals surface area contributed by atoms with Crippen molar-refractivity contribution in [2.45, 2.75) is 25.1 Å². The van der Waals surface area contributed by atoms with Crippen LogP contribution in [0, 0.1) is 0 Å². The number of amides is 1. The third-order valence-electron chi connectivity index (χ3n) is 5.83. The molecule has 0 aliphatic heterocycles. The van der Waals surface area contributed by atoms with Gasteiger partial charge in [0.05, 0.1) is 24.1 Å². The minimum Gasteiger partial charge on any atom is -0.492 e. The largest absolute Gasteiger partial charge is 0.492 e. The number of nitrogens with one attached hydrogen (secondary N) is 2. The van der Waals surface area contributed by atoms with Gasteiger partial charge in [0, 0.05) is 17.8 Å². The molecule has 2 heterocycles. The van der Waals surface area contributed by atoms with Crippen molar-refractivity contribution in [2.24, 2.45) is 0 Å². The van der Waals surface area contributed by atoms with Gasteiger partial charge in [-0.2, -0.15) is 23.4 Å². The van der Waals surface area contributed by atoms with E-state index >= 15 is 0 Å². The van der Waals surface area contributed by atoms with Gasteiger partial charge in [0.25, 0.3) is 5.91 Å². The summed E-state index contributed by atoms with van der Waals surface area (Å²) in [5, 5.41) is 12.9. The molecule has 202 valence electrons. The molecule has 0 radical (unpaired) electrons. The average molecular weight is 540 g/mol. The Hall–Kier alpha value is -4.45. The van der Waals surface area contributed by atoms with E-state index in [9.17, 15) is 18.0 Å². The van der Waals surface area contributed by atoms with Gasteiger partial charge in [0.2, 0.25) is 5.89 Å². The van der Waals surface area contributed by atoms with Crippen molar-refractivity contribution in [1.29, 1.82) is 0 Å². The first-order valence-electron chi connectivity index (χ1n) is 12.2. The Kier molecular flexibility index (Phi) is 7.46. The van der Waals surface area contributed by atoms with E-state index in [2.05, 4.69) is 25.8 Å². The summed E-state index contributed by atoms with van der Waals surface area (Å²) in [4.78, 5) is 17.3. The van der Waals surface area contributed by atoms with Crippen molar-refractivity contribution >= 4 is 11.6 Å². The number of rotatable bonds is 10. The fraction of sp³-hybridized carbons (Fsp3) is 0.259. The molecule has 2 N–H and O–H groups in total. The van der Waals surface area contributed by atoms with Crippen molar-refractivity contribution < 1.29 is 31.9 Å². The third-order valence-corrected chi connectivity index (χ3v) is 5.83. The molecule has 1 aliphatic carbocycles. The van der Waals surface area contributed by atoms with Crippen LogP contribution in [0.5, 0.6) is 11.5 Å². The lowest BCUT2D eigenvalue weighted by Crippen LogP contribution is -2.17. The van der Waals surface area contributed by atoms with Crippen LogP contribution in [0.2, 0.25) is 0 Å². The molecule has 0 saturated heterocycles. The highest BCUT2D eigenvalue weighted by Crippen LogP contribution is 2.48. The number of likely N-dealkylation sites (N-methyl/N-ethyl adjacent to an activating group) is 1. The number of carbonyl (C=O) groups is 1. The summed E-state index contributed by atoms with van der Waals surface area (Å²) in [5.74, 6) is -0.549. The van der Waals surface area contributed by atoms with E-state index < -0.39 is 17.6 Å². The molecule has 2 aromatic heterocycles. The first kappa shape index (κ1) is 26.2. The number of oxazole rings is 1. The number of hydrogen-bond acceptors (Lipinski definition) is 8. The maximum absolute atomic E-state index is 14.6. The third kappa shape index (κ3) is 6.17. The maximum Gasteiger partial charge on any atom is 0.420 e. The summed E-state index contributed by atoms with van der Waals surface area (Å²) in [7, 11) is 1.77. The highest BCUT2D eigenvalue weighted by Gasteiger charge is 2.40. The molecule has 0 atom stereocenters. The summed E-state index contributed by atoms with van der Waals surface area (Å²) >= 11 is 0. The summed E-state index contributed by atoms with van der Waals surface area (Å²) < 4.78 is 60.4. The van der Waals surface area contributed by atoms with E-state index in [0.29, 0.717) is 37.3 Å². The molecular weight excluding hydrogens is 515 g/mol. The first-order valence-corrected chi connectivity index (χ1v) is 12.2. The number of nitrogens with zero attached hydrogens (tertiary/aromatic N) is 3. The molecule has 1 aliphatic rings. The highest BCUT2D eigenvalue weighted by atomic mass is 19.4. The van der Waals surface area contributed by atoms with E-state index in [1.807, 2.05) is 0 Å². The van der Waals surface area contributed by atoms with E-state index in [-0.39, 0.29) is 40.3 Å². The van der Waals surface area contributed by atoms with Crippen LogP contribution < -0.4 is 20.1 Å². The van der Waals surface area contributed by atoms with Gasteiger partial charge in [-0.3, -0.25) is 4.79 Å². The van der Waals surface area contributed by atoms with Crippen LogP contribution in [0.1, 0.15) is 28.9 Å². The van der Waals surface area contributed by atoms with Crippen molar-refractivity contribution in [2.75, 3.05) is 25.5 Å². The van der Waals surface area contributed by atoms with Crippen molar-refractivity contribution in [3.05, 3.63) is 72.4 Å². The van der Waals surface area contributed by atoms with Gasteiger partial charge in [-0.15, -0.1) is 0 Å². The summed E-state index contributed by atoms with van der Waals surface area (Å²) in [6.45, 7) is 0.876. The number of benzene rings is 2. The number of ether oxygens (including phenoxy) is 2. The Labute approximate surface area is 221 Å². The standard InChI is InChI=1S/C27H24F3N5O4/c1-31-11-12-37-19-4-2-3-16(13-19)23-20(7-8-22(39-18-5-6-18)24(23)27(28,29)30)34-25(36)21-15-38-26(35-21)17-9-10-32-33-14-17/h2-4,7-10,13-15,18,31H,5-6,11-12H2,1H3,(H,34,36). The summed E-state index contributed by atoms with van der Waals surface area (Å²) in [6.07, 6.45) is 0.279. The lowest BCUT2D eigenvalue weighted by molar-refractivity contribution is -0.138. The van der Waals surface area contributed by atoms with E-state index in [1.54, 1.807) is 25.2 Å². The zero-order chi connectivity index (χ0) is 27.4. The first-order chi connectivity index (χ1) is 18.8. The second-order valence-electron chi connectivity index (χ2n) is 8.78. The average Bonchev–Trinajstić information content (AvgIpc) is 3.60. The second kappa shape index (κ2) is 11.1. The van der Waals surface area contributed by atoms with Crippen LogP contribution in [-0.2, 0) is 6.18 Å². The molecule has 0 unspecified atom stereocenters. The number of carbonyl (C=O) groups excluding carboxylic acids is 1. The Balaban J connectivity index is 1.55. The topological polar surface area (TPSA) is 111 Å². The van der Waals surface area contributed by atoms with Crippen LogP contribution >= 0.6 is 0 Å². The predicted molar refractivity (Wildman–Crippen MR) is 135 cm³/mol. The molecule has 9 nitrogen and oxygen atoms in total. The second-order valence-corrected chi connectivity index (χ2v) is 8.78. The van der Waals surface area contributed by atoms with Crippen LogP contribution in [-0.4, -0.2) is 47.4 Å².